The minimum absolute atomic E-state index is 0.102. The van der Waals surface area contributed by atoms with Crippen LogP contribution in [0.2, 0.25) is 0 Å². The monoisotopic (exact) mass is 539 g/mol. The summed E-state index contributed by atoms with van der Waals surface area (Å²) in [5, 5.41) is 5.60. The number of amides is 3. The number of hydrogen-bond donors (Lipinski definition) is 2. The van der Waals surface area contributed by atoms with Crippen LogP contribution in [0.3, 0.4) is 0 Å². The lowest BCUT2D eigenvalue weighted by molar-refractivity contribution is -0.127. The molecule has 0 spiro atoms. The lowest BCUT2D eigenvalue weighted by atomic mass is 9.90. The maximum atomic E-state index is 14.0. The zero-order valence-corrected chi connectivity index (χ0v) is 23.8. The molecule has 1 atom stereocenters. The molecule has 0 saturated carbocycles. The van der Waals surface area contributed by atoms with Gasteiger partial charge in [-0.05, 0) is 38.1 Å². The van der Waals surface area contributed by atoms with Crippen LogP contribution in [-0.2, 0) is 9.59 Å². The zero-order chi connectivity index (χ0) is 28.9. The zero-order valence-electron chi connectivity index (χ0n) is 23.8. The molecule has 1 aliphatic heterocycles. The molecular weight excluding hydrogens is 502 g/mol. The van der Waals surface area contributed by atoms with E-state index in [0.717, 1.165) is 24.3 Å². The number of ketones is 1. The Balaban J connectivity index is 1.70. The van der Waals surface area contributed by atoms with Crippen molar-refractivity contribution in [1.82, 2.24) is 5.32 Å². The average Bonchev–Trinajstić information content (AvgIpc) is 3.04. The number of anilines is 3. The fraction of sp³-hybridized carbons (Fsp3) is 0.312. The molecule has 0 fully saturated rings. The van der Waals surface area contributed by atoms with Gasteiger partial charge in [-0.15, -0.1) is 0 Å². The summed E-state index contributed by atoms with van der Waals surface area (Å²) in [6.07, 6.45) is -1.25. The predicted molar refractivity (Wildman–Crippen MR) is 161 cm³/mol. The first-order valence-electron chi connectivity index (χ1n) is 13.6. The van der Waals surface area contributed by atoms with Crippen molar-refractivity contribution in [3.8, 4) is 0 Å². The van der Waals surface area contributed by atoms with Crippen molar-refractivity contribution >= 4 is 40.5 Å². The van der Waals surface area contributed by atoms with Crippen LogP contribution in [0.5, 0.6) is 0 Å². The van der Waals surface area contributed by atoms with Gasteiger partial charge in [-0.1, -0.05) is 75.4 Å². The number of hydrogen-bond acceptors (Lipinski definition) is 5. The number of rotatable bonds is 8. The summed E-state index contributed by atoms with van der Waals surface area (Å²) in [6.45, 7) is 11.2. The molecule has 0 aromatic heterocycles. The molecule has 40 heavy (non-hydrogen) atoms. The van der Waals surface area contributed by atoms with Crippen molar-refractivity contribution in [2.45, 2.75) is 40.8 Å². The molecule has 2 N–H and O–H groups in total. The fourth-order valence-corrected chi connectivity index (χ4v) is 4.55. The van der Waals surface area contributed by atoms with E-state index in [1.807, 2.05) is 93.6 Å². The van der Waals surface area contributed by atoms with Gasteiger partial charge in [0.05, 0.1) is 17.9 Å². The Morgan fingerprint density at radius 3 is 2.27 bits per heavy atom. The van der Waals surface area contributed by atoms with Crippen molar-refractivity contribution in [3.63, 3.8) is 0 Å². The Morgan fingerprint density at radius 2 is 1.60 bits per heavy atom. The topological polar surface area (TPSA) is 94.1 Å². The summed E-state index contributed by atoms with van der Waals surface area (Å²) in [7, 11) is 0. The van der Waals surface area contributed by atoms with E-state index in [0.29, 0.717) is 22.6 Å². The summed E-state index contributed by atoms with van der Waals surface area (Å²) in [4.78, 5) is 48.7. The van der Waals surface area contributed by atoms with Crippen LogP contribution in [0.1, 0.15) is 45.7 Å². The van der Waals surface area contributed by atoms with Gasteiger partial charge in [-0.3, -0.25) is 9.59 Å². The first-order valence-corrected chi connectivity index (χ1v) is 13.6. The number of carbonyl (C=O) groups excluding carboxylic acids is 3. The maximum Gasteiger partial charge on any atom is 0.321 e. The minimum atomic E-state index is -1.25. The number of nitrogens with one attached hydrogen (secondary N) is 2. The van der Waals surface area contributed by atoms with E-state index in [9.17, 15) is 14.4 Å². The number of para-hydroxylation sites is 1. The largest absolute Gasteiger partial charge is 0.372 e. The highest BCUT2D eigenvalue weighted by molar-refractivity contribution is 6.21. The number of aliphatic imine (C=N–C) groups is 1. The van der Waals surface area contributed by atoms with E-state index in [1.165, 1.54) is 4.90 Å². The number of urea groups is 1. The van der Waals surface area contributed by atoms with E-state index < -0.39 is 23.5 Å². The van der Waals surface area contributed by atoms with E-state index in [-0.39, 0.29) is 12.3 Å². The molecule has 208 valence electrons. The van der Waals surface area contributed by atoms with E-state index >= 15 is 0 Å². The second-order valence-electron chi connectivity index (χ2n) is 10.7. The molecule has 1 heterocycles. The number of benzodiazepines with no additional fused rings is 1. The Morgan fingerprint density at radius 1 is 0.925 bits per heavy atom. The number of Topliss-reactive ketones (excluding diaryl/α,β-unsaturated/α-hetero) is 1. The first kappa shape index (κ1) is 28.5. The number of fused-ring (bicyclic) bond motifs is 1. The predicted octanol–water partition coefficient (Wildman–Crippen LogP) is 5.48. The van der Waals surface area contributed by atoms with Crippen LogP contribution in [0.4, 0.5) is 21.9 Å². The highest BCUT2D eigenvalue weighted by Gasteiger charge is 2.36. The van der Waals surface area contributed by atoms with Crippen LogP contribution in [0.25, 0.3) is 0 Å². The third-order valence-electron chi connectivity index (χ3n) is 6.89. The minimum Gasteiger partial charge on any atom is -0.372 e. The standard InChI is InChI=1S/C32H37N5O3/c1-6-36(7-2)24-17-13-16-23(20-24)33-31(40)35-29-30(39)37(21-27(38)32(3,4)5)26-19-12-11-18-25(26)28(34-29)22-14-9-8-10-15-22/h8-20,29H,6-7,21H2,1-5H3,(H2,33,35,40)/t29-/m1/s1. The van der Waals surface area contributed by atoms with Gasteiger partial charge in [0, 0.05) is 41.0 Å². The van der Waals surface area contributed by atoms with E-state index in [2.05, 4.69) is 29.4 Å². The molecule has 8 heteroatoms. The second kappa shape index (κ2) is 12.2. The number of benzene rings is 3. The van der Waals surface area contributed by atoms with Gasteiger partial charge in [-0.2, -0.15) is 0 Å². The SMILES string of the molecule is CCN(CC)c1cccc(NC(=O)N[C@H]2N=C(c3ccccc3)c3ccccc3N(CC(=O)C(C)(C)C)C2=O)c1. The molecule has 8 nitrogen and oxygen atoms in total. The van der Waals surface area contributed by atoms with Crippen molar-refractivity contribution in [1.29, 1.82) is 0 Å². The summed E-state index contributed by atoms with van der Waals surface area (Å²) >= 11 is 0. The quantitative estimate of drug-likeness (QED) is 0.396. The fourth-order valence-electron chi connectivity index (χ4n) is 4.55. The van der Waals surface area contributed by atoms with Crippen LogP contribution in [-0.4, -0.2) is 49.2 Å². The highest BCUT2D eigenvalue weighted by Crippen LogP contribution is 2.29. The Kier molecular flexibility index (Phi) is 8.67. The third-order valence-corrected chi connectivity index (χ3v) is 6.89. The summed E-state index contributed by atoms with van der Waals surface area (Å²) in [5.41, 5.74) is 3.57. The normalized spacial score (nSPS) is 15.0. The molecule has 0 aliphatic carbocycles. The van der Waals surface area contributed by atoms with Gasteiger partial charge < -0.3 is 20.4 Å². The smallest absolute Gasteiger partial charge is 0.321 e. The Labute approximate surface area is 236 Å². The van der Waals surface area contributed by atoms with Gasteiger partial charge >= 0.3 is 6.03 Å². The third kappa shape index (κ3) is 6.39. The van der Waals surface area contributed by atoms with Crippen LogP contribution < -0.4 is 20.4 Å². The molecular formula is C32H37N5O3. The Hall–Kier alpha value is -4.46. The molecule has 3 aromatic carbocycles. The molecule has 0 unspecified atom stereocenters. The van der Waals surface area contributed by atoms with Crippen molar-refractivity contribution in [2.75, 3.05) is 34.8 Å². The van der Waals surface area contributed by atoms with Crippen LogP contribution in [0, 0.1) is 5.41 Å². The summed E-state index contributed by atoms with van der Waals surface area (Å²) in [6, 6.07) is 23.9. The van der Waals surface area contributed by atoms with Crippen LogP contribution >= 0.6 is 0 Å². The number of carbonyl (C=O) groups is 3. The summed E-state index contributed by atoms with van der Waals surface area (Å²) in [5.74, 6) is -0.585. The maximum absolute atomic E-state index is 14.0. The van der Waals surface area contributed by atoms with Crippen molar-refractivity contribution in [3.05, 3.63) is 90.0 Å². The molecule has 0 radical (unpaired) electrons. The second-order valence-corrected chi connectivity index (χ2v) is 10.7. The van der Waals surface area contributed by atoms with Gasteiger partial charge in [0.15, 0.2) is 5.78 Å². The van der Waals surface area contributed by atoms with Crippen molar-refractivity contribution < 1.29 is 14.4 Å². The van der Waals surface area contributed by atoms with Gasteiger partial charge in [0.2, 0.25) is 6.17 Å². The lowest BCUT2D eigenvalue weighted by Gasteiger charge is -2.28. The van der Waals surface area contributed by atoms with Crippen molar-refractivity contribution in [2.24, 2.45) is 10.4 Å². The van der Waals surface area contributed by atoms with E-state index in [4.69, 9.17) is 4.99 Å². The average molecular weight is 540 g/mol. The Bertz CT molecular complexity index is 1410. The summed E-state index contributed by atoms with van der Waals surface area (Å²) < 4.78 is 0. The van der Waals surface area contributed by atoms with E-state index in [1.54, 1.807) is 6.07 Å². The first-order chi connectivity index (χ1) is 19.1. The van der Waals surface area contributed by atoms with Gasteiger partial charge in [0.25, 0.3) is 5.91 Å². The molecule has 0 saturated heterocycles. The molecule has 0 bridgehead atoms. The molecule has 1 aliphatic rings. The molecule has 3 aromatic rings. The van der Waals surface area contributed by atoms with Crippen LogP contribution in [0.15, 0.2) is 83.9 Å². The highest BCUT2D eigenvalue weighted by atomic mass is 16.2. The number of nitrogens with zero attached hydrogens (tertiary/aromatic N) is 3. The van der Waals surface area contributed by atoms with Gasteiger partial charge in [0.1, 0.15) is 0 Å². The lowest BCUT2D eigenvalue weighted by Crippen LogP contribution is -2.50. The molecule has 3 amide bonds. The van der Waals surface area contributed by atoms with Gasteiger partial charge in [-0.25, -0.2) is 9.79 Å². The molecule has 4 rings (SSSR count).